The van der Waals surface area contributed by atoms with Crippen molar-refractivity contribution in [2.75, 3.05) is 0 Å². The summed E-state index contributed by atoms with van der Waals surface area (Å²) < 4.78 is 76.1. The Kier molecular flexibility index (Phi) is 4.71. The van der Waals surface area contributed by atoms with Gasteiger partial charge < -0.3 is 9.47 Å². The van der Waals surface area contributed by atoms with Gasteiger partial charge >= 0.3 is 6.36 Å². The van der Waals surface area contributed by atoms with E-state index in [-0.39, 0.29) is 23.8 Å². The van der Waals surface area contributed by atoms with Crippen molar-refractivity contribution in [2.45, 2.75) is 51.5 Å². The first kappa shape index (κ1) is 19.0. The van der Waals surface area contributed by atoms with Crippen LogP contribution in [0.2, 0.25) is 0 Å². The maximum atomic E-state index is 15.1. The second-order valence-corrected chi connectivity index (χ2v) is 7.54. The topological polar surface area (TPSA) is 18.5 Å². The standard InChI is InChI=1S/C21H19F5O2/c1-11-2-4-12(5-3-11)13-6-7-15-14-8-9-17(28-21(24,25)26)18(22)16(14)10-27-20(15)19(13)23/h6-9,11-12H,2-5,10H2,1H3. The molecule has 7 heteroatoms. The Labute approximate surface area is 159 Å². The summed E-state index contributed by atoms with van der Waals surface area (Å²) in [6.07, 6.45) is -1.11. The molecule has 0 spiro atoms. The summed E-state index contributed by atoms with van der Waals surface area (Å²) in [5.74, 6) is -1.74. The van der Waals surface area contributed by atoms with E-state index in [9.17, 15) is 17.6 Å². The van der Waals surface area contributed by atoms with Crippen molar-refractivity contribution >= 4 is 0 Å². The molecule has 2 nitrogen and oxygen atoms in total. The van der Waals surface area contributed by atoms with Crippen LogP contribution in [0.4, 0.5) is 22.0 Å². The van der Waals surface area contributed by atoms with Crippen LogP contribution in [0.15, 0.2) is 24.3 Å². The number of hydrogen-bond donors (Lipinski definition) is 0. The van der Waals surface area contributed by atoms with Crippen molar-refractivity contribution in [3.63, 3.8) is 0 Å². The van der Waals surface area contributed by atoms with Crippen molar-refractivity contribution in [2.24, 2.45) is 5.92 Å². The number of hydrogen-bond acceptors (Lipinski definition) is 2. The van der Waals surface area contributed by atoms with Crippen molar-refractivity contribution in [3.05, 3.63) is 47.0 Å². The summed E-state index contributed by atoms with van der Waals surface area (Å²) >= 11 is 0. The van der Waals surface area contributed by atoms with Crippen molar-refractivity contribution in [1.82, 2.24) is 0 Å². The molecule has 1 aliphatic heterocycles. The Morgan fingerprint density at radius 1 is 0.929 bits per heavy atom. The molecule has 2 aliphatic rings. The van der Waals surface area contributed by atoms with Gasteiger partial charge in [-0.3, -0.25) is 0 Å². The molecule has 0 N–H and O–H groups in total. The molecule has 0 atom stereocenters. The molecular formula is C21H19F5O2. The summed E-state index contributed by atoms with van der Waals surface area (Å²) in [6, 6.07) is 5.56. The van der Waals surface area contributed by atoms with Crippen molar-refractivity contribution < 1.29 is 31.4 Å². The molecule has 2 aromatic carbocycles. The summed E-state index contributed by atoms with van der Waals surface area (Å²) in [4.78, 5) is 0. The number of benzene rings is 2. The predicted molar refractivity (Wildman–Crippen MR) is 93.2 cm³/mol. The van der Waals surface area contributed by atoms with Gasteiger partial charge in [-0.2, -0.15) is 0 Å². The third-order valence-electron chi connectivity index (χ3n) is 5.67. The van der Waals surface area contributed by atoms with Crippen LogP contribution in [0.3, 0.4) is 0 Å². The van der Waals surface area contributed by atoms with Crippen LogP contribution < -0.4 is 9.47 Å². The van der Waals surface area contributed by atoms with Gasteiger partial charge in [0.1, 0.15) is 6.61 Å². The van der Waals surface area contributed by atoms with E-state index in [1.807, 2.05) is 0 Å². The minimum Gasteiger partial charge on any atom is -0.485 e. The highest BCUT2D eigenvalue weighted by molar-refractivity contribution is 5.76. The fourth-order valence-electron chi connectivity index (χ4n) is 4.15. The molecule has 0 aromatic heterocycles. The normalized spacial score (nSPS) is 21.5. The number of rotatable bonds is 2. The highest BCUT2D eigenvalue weighted by Gasteiger charge is 2.35. The van der Waals surface area contributed by atoms with Crippen LogP contribution in [-0.4, -0.2) is 6.36 Å². The first-order chi connectivity index (χ1) is 13.2. The maximum Gasteiger partial charge on any atom is 0.573 e. The Morgan fingerprint density at radius 3 is 2.29 bits per heavy atom. The zero-order valence-corrected chi connectivity index (χ0v) is 15.2. The second-order valence-electron chi connectivity index (χ2n) is 7.54. The third kappa shape index (κ3) is 3.42. The quantitative estimate of drug-likeness (QED) is 0.523. The van der Waals surface area contributed by atoms with E-state index in [0.717, 1.165) is 31.7 Å². The Bertz CT molecular complexity index is 899. The molecule has 0 bridgehead atoms. The van der Waals surface area contributed by atoms with Crippen LogP contribution in [0.1, 0.15) is 49.7 Å². The summed E-state index contributed by atoms with van der Waals surface area (Å²) in [5.41, 5.74) is 1.17. The van der Waals surface area contributed by atoms with Crippen LogP contribution >= 0.6 is 0 Å². The van der Waals surface area contributed by atoms with Crippen LogP contribution in [-0.2, 0) is 6.61 Å². The highest BCUT2D eigenvalue weighted by atomic mass is 19.4. The second kappa shape index (κ2) is 6.94. The molecular weight excluding hydrogens is 379 g/mol. The molecule has 0 saturated heterocycles. The minimum atomic E-state index is -5.00. The van der Waals surface area contributed by atoms with Gasteiger partial charge in [-0.15, -0.1) is 13.2 Å². The molecule has 1 aliphatic carbocycles. The van der Waals surface area contributed by atoms with Gasteiger partial charge in [-0.25, -0.2) is 8.78 Å². The average molecular weight is 398 g/mol. The van der Waals surface area contributed by atoms with E-state index in [0.29, 0.717) is 22.6 Å². The lowest BCUT2D eigenvalue weighted by Crippen LogP contribution is -2.19. The van der Waals surface area contributed by atoms with Gasteiger partial charge in [0.05, 0.1) is 0 Å². The number of fused-ring (bicyclic) bond motifs is 3. The van der Waals surface area contributed by atoms with Gasteiger partial charge in [-0.1, -0.05) is 31.9 Å². The number of alkyl halides is 3. The summed E-state index contributed by atoms with van der Waals surface area (Å²) in [7, 11) is 0. The van der Waals surface area contributed by atoms with Crippen LogP contribution in [0, 0.1) is 17.6 Å². The number of ether oxygens (including phenoxy) is 2. The van der Waals surface area contributed by atoms with E-state index in [4.69, 9.17) is 4.74 Å². The zero-order valence-electron chi connectivity index (χ0n) is 15.2. The van der Waals surface area contributed by atoms with E-state index in [1.54, 1.807) is 12.1 Å². The van der Waals surface area contributed by atoms with Crippen LogP contribution in [0.25, 0.3) is 11.1 Å². The van der Waals surface area contributed by atoms with E-state index >= 15 is 4.39 Å². The van der Waals surface area contributed by atoms with E-state index < -0.39 is 23.7 Å². The third-order valence-corrected chi connectivity index (χ3v) is 5.67. The molecule has 0 unspecified atom stereocenters. The highest BCUT2D eigenvalue weighted by Crippen LogP contribution is 2.46. The molecule has 0 amide bonds. The lowest BCUT2D eigenvalue weighted by molar-refractivity contribution is -0.275. The van der Waals surface area contributed by atoms with Gasteiger partial charge in [0, 0.05) is 11.1 Å². The molecule has 0 radical (unpaired) electrons. The molecule has 150 valence electrons. The van der Waals surface area contributed by atoms with Gasteiger partial charge in [0.25, 0.3) is 0 Å². The van der Waals surface area contributed by atoms with E-state index in [2.05, 4.69) is 11.7 Å². The average Bonchev–Trinajstić information content (AvgIpc) is 2.64. The van der Waals surface area contributed by atoms with Gasteiger partial charge in [0.2, 0.25) is 0 Å². The molecule has 1 saturated carbocycles. The SMILES string of the molecule is CC1CCC(c2ccc3c(c2F)OCc2c-3ccc(OC(F)(F)F)c2F)CC1. The fraction of sp³-hybridized carbons (Fsp3) is 0.429. The first-order valence-corrected chi connectivity index (χ1v) is 9.27. The first-order valence-electron chi connectivity index (χ1n) is 9.27. The molecule has 4 rings (SSSR count). The van der Waals surface area contributed by atoms with Crippen LogP contribution in [0.5, 0.6) is 11.5 Å². The Balaban J connectivity index is 1.70. The maximum absolute atomic E-state index is 15.1. The largest absolute Gasteiger partial charge is 0.573 e. The minimum absolute atomic E-state index is 0.0347. The van der Waals surface area contributed by atoms with Gasteiger partial charge in [-0.05, 0) is 47.9 Å². The fourth-order valence-corrected chi connectivity index (χ4v) is 4.15. The summed E-state index contributed by atoms with van der Waals surface area (Å²) in [6.45, 7) is 1.83. The molecule has 1 fully saturated rings. The van der Waals surface area contributed by atoms with Crippen molar-refractivity contribution in [1.29, 1.82) is 0 Å². The lowest BCUT2D eigenvalue weighted by atomic mass is 9.78. The lowest BCUT2D eigenvalue weighted by Gasteiger charge is -2.29. The van der Waals surface area contributed by atoms with Crippen molar-refractivity contribution in [3.8, 4) is 22.6 Å². The Hall–Kier alpha value is -2.31. The van der Waals surface area contributed by atoms with E-state index in [1.165, 1.54) is 6.07 Å². The number of halogens is 5. The molecule has 28 heavy (non-hydrogen) atoms. The summed E-state index contributed by atoms with van der Waals surface area (Å²) in [5, 5.41) is 0. The Morgan fingerprint density at radius 2 is 1.61 bits per heavy atom. The zero-order chi connectivity index (χ0) is 20.1. The molecule has 1 heterocycles. The predicted octanol–water partition coefficient (Wildman–Crippen LogP) is 6.72. The molecule has 2 aromatic rings. The van der Waals surface area contributed by atoms with Gasteiger partial charge in [0.15, 0.2) is 23.1 Å². The monoisotopic (exact) mass is 398 g/mol. The smallest absolute Gasteiger partial charge is 0.485 e.